The number of guanidine groups is 1. The Balaban J connectivity index is 1.20. The van der Waals surface area contributed by atoms with E-state index in [-0.39, 0.29) is 30.3 Å². The molecule has 0 unspecified atom stereocenters. The van der Waals surface area contributed by atoms with E-state index in [9.17, 15) is 14.4 Å². The van der Waals surface area contributed by atoms with Crippen LogP contribution >= 0.6 is 0 Å². The van der Waals surface area contributed by atoms with Crippen LogP contribution in [0.3, 0.4) is 0 Å². The van der Waals surface area contributed by atoms with Crippen LogP contribution in [-0.2, 0) is 27.4 Å². The number of aryl methyl sites for hydroxylation is 1. The minimum Gasteiger partial charge on any atom is -0.434 e. The number of ketones is 1. The van der Waals surface area contributed by atoms with Crippen molar-refractivity contribution >= 4 is 40.3 Å². The zero-order valence-corrected chi connectivity index (χ0v) is 29.1. The number of hydrogen-bond acceptors (Lipinski definition) is 8. The maximum atomic E-state index is 14.2. The third-order valence-corrected chi connectivity index (χ3v) is 9.73. The summed E-state index contributed by atoms with van der Waals surface area (Å²) in [4.78, 5) is 52.1. The van der Waals surface area contributed by atoms with Crippen molar-refractivity contribution in [3.8, 4) is 0 Å². The number of benzene rings is 3. The quantitative estimate of drug-likeness (QED) is 0.0851. The van der Waals surface area contributed by atoms with E-state index in [2.05, 4.69) is 20.6 Å². The number of fused-ring (bicyclic) bond motifs is 1. The second kappa shape index (κ2) is 16.8. The van der Waals surface area contributed by atoms with Gasteiger partial charge in [0.25, 0.3) is 5.89 Å². The van der Waals surface area contributed by atoms with Crippen molar-refractivity contribution in [1.82, 2.24) is 20.5 Å². The molecule has 3 aromatic carbocycles. The molecule has 0 radical (unpaired) electrons. The standard InChI is InChI=1S/C39H47N7O5/c1-25-9-11-28(12-10-25)24-50-30-22-33(46(23-30)35(47)8-4-5-26-17-19-42-20-18-26)37(49)44-32(21-27-13-15-29(16-14-27)43-39(40)41)36(48)38-45-31-6-2-3-7-34(31)51-38/h2-3,6-7,9-16,26,30,32-33,42H,4-5,8,17-24H2,1H3,(H,44,49)(H4,40,41,43)/t30-,32+,33+/m1/s1. The van der Waals surface area contributed by atoms with Crippen LogP contribution in [0.4, 0.5) is 5.69 Å². The highest BCUT2D eigenvalue weighted by Crippen LogP contribution is 2.26. The second-order valence-electron chi connectivity index (χ2n) is 13.6. The van der Waals surface area contributed by atoms with Gasteiger partial charge in [0.15, 0.2) is 11.5 Å². The topological polar surface area (TPSA) is 178 Å². The van der Waals surface area contributed by atoms with E-state index in [0.717, 1.165) is 55.5 Å². The number of aliphatic imine (C=N–C) groups is 1. The molecule has 268 valence electrons. The van der Waals surface area contributed by atoms with Gasteiger partial charge in [0.1, 0.15) is 17.6 Å². The van der Waals surface area contributed by atoms with Crippen molar-refractivity contribution in [2.75, 3.05) is 19.6 Å². The molecule has 6 N–H and O–H groups in total. The highest BCUT2D eigenvalue weighted by molar-refractivity contribution is 6.01. The van der Waals surface area contributed by atoms with Crippen LogP contribution in [0.1, 0.15) is 65.9 Å². The maximum absolute atomic E-state index is 14.2. The summed E-state index contributed by atoms with van der Waals surface area (Å²) in [6.45, 7) is 4.72. The number of rotatable bonds is 14. The van der Waals surface area contributed by atoms with E-state index < -0.39 is 23.8 Å². The monoisotopic (exact) mass is 693 g/mol. The number of likely N-dealkylation sites (tertiary alicyclic amines) is 1. The Labute approximate surface area is 298 Å². The molecular formula is C39H47N7O5. The van der Waals surface area contributed by atoms with Gasteiger partial charge in [0.2, 0.25) is 17.6 Å². The fourth-order valence-electron chi connectivity index (χ4n) is 6.89. The molecule has 2 aliphatic heterocycles. The maximum Gasteiger partial charge on any atom is 0.266 e. The van der Waals surface area contributed by atoms with Crippen LogP contribution in [0.2, 0.25) is 0 Å². The lowest BCUT2D eigenvalue weighted by molar-refractivity contribution is -0.138. The zero-order valence-electron chi connectivity index (χ0n) is 29.1. The lowest BCUT2D eigenvalue weighted by Gasteiger charge is -2.26. The zero-order chi connectivity index (χ0) is 35.7. The van der Waals surface area contributed by atoms with Crippen LogP contribution in [0.5, 0.6) is 0 Å². The third-order valence-electron chi connectivity index (χ3n) is 9.73. The Kier molecular flexibility index (Phi) is 11.7. The summed E-state index contributed by atoms with van der Waals surface area (Å²) in [7, 11) is 0. The molecule has 2 amide bonds. The van der Waals surface area contributed by atoms with Gasteiger partial charge in [-0.3, -0.25) is 14.4 Å². The molecule has 0 saturated carbocycles. The van der Waals surface area contributed by atoms with Crippen molar-refractivity contribution in [3.63, 3.8) is 0 Å². The van der Waals surface area contributed by atoms with Gasteiger partial charge in [-0.05, 0) is 87.0 Å². The van der Waals surface area contributed by atoms with Crippen LogP contribution in [0, 0.1) is 12.8 Å². The van der Waals surface area contributed by atoms with Crippen LogP contribution in [0.25, 0.3) is 11.1 Å². The second-order valence-corrected chi connectivity index (χ2v) is 13.6. The first-order chi connectivity index (χ1) is 24.7. The highest BCUT2D eigenvalue weighted by Gasteiger charge is 2.41. The van der Waals surface area contributed by atoms with E-state index in [4.69, 9.17) is 20.6 Å². The van der Waals surface area contributed by atoms with Crippen LogP contribution in [0.15, 0.2) is 82.2 Å². The summed E-state index contributed by atoms with van der Waals surface area (Å²) in [6, 6.07) is 20.4. The molecule has 0 bridgehead atoms. The number of carbonyl (C=O) groups is 3. The number of nitrogens with one attached hydrogen (secondary N) is 2. The van der Waals surface area contributed by atoms with Gasteiger partial charge in [0, 0.05) is 25.8 Å². The molecule has 0 aliphatic carbocycles. The Morgan fingerprint density at radius 3 is 2.47 bits per heavy atom. The van der Waals surface area contributed by atoms with Gasteiger partial charge in [-0.1, -0.05) is 54.1 Å². The molecule has 2 aliphatic rings. The van der Waals surface area contributed by atoms with E-state index in [1.54, 1.807) is 47.4 Å². The number of amides is 2. The van der Waals surface area contributed by atoms with E-state index in [1.807, 2.05) is 37.3 Å². The van der Waals surface area contributed by atoms with E-state index in [0.29, 0.717) is 48.7 Å². The molecule has 12 heteroatoms. The number of oxazole rings is 1. The van der Waals surface area contributed by atoms with Crippen molar-refractivity contribution in [2.45, 2.75) is 76.7 Å². The van der Waals surface area contributed by atoms with E-state index >= 15 is 0 Å². The fourth-order valence-corrected chi connectivity index (χ4v) is 6.89. The largest absolute Gasteiger partial charge is 0.434 e. The number of Topliss-reactive ketones (excluding diaryl/α,β-unsaturated/α-hetero) is 1. The van der Waals surface area contributed by atoms with Crippen molar-refractivity contribution < 1.29 is 23.5 Å². The third kappa shape index (κ3) is 9.59. The number of piperidine rings is 1. The molecular weight excluding hydrogens is 646 g/mol. The van der Waals surface area contributed by atoms with Gasteiger partial charge in [0.05, 0.1) is 18.4 Å². The molecule has 0 spiro atoms. The highest BCUT2D eigenvalue weighted by atomic mass is 16.5. The molecule has 3 atom stereocenters. The van der Waals surface area contributed by atoms with Gasteiger partial charge in [-0.2, -0.15) is 0 Å². The summed E-state index contributed by atoms with van der Waals surface area (Å²) in [5, 5.41) is 6.37. The lowest BCUT2D eigenvalue weighted by Crippen LogP contribution is -2.51. The molecule has 12 nitrogen and oxygen atoms in total. The number of para-hydroxylation sites is 2. The molecule has 2 fully saturated rings. The molecule has 6 rings (SSSR count). The fraction of sp³-hybridized carbons (Fsp3) is 0.410. The molecule has 2 saturated heterocycles. The number of nitrogens with two attached hydrogens (primary N) is 2. The Hall–Kier alpha value is -5.07. The lowest BCUT2D eigenvalue weighted by atomic mass is 9.92. The normalized spacial score (nSPS) is 18.4. The Bertz CT molecular complexity index is 1800. The minimum absolute atomic E-state index is 0.0675. The summed E-state index contributed by atoms with van der Waals surface area (Å²) < 4.78 is 12.1. The predicted octanol–water partition coefficient (Wildman–Crippen LogP) is 4.31. The smallest absolute Gasteiger partial charge is 0.266 e. The SMILES string of the molecule is Cc1ccc(CO[C@@H]2C[C@@H](C(=O)N[C@@H](Cc3ccc(N=C(N)N)cc3)C(=O)c3nc4ccccc4o3)N(C(=O)CCCC3CCNCC3)C2)cc1. The summed E-state index contributed by atoms with van der Waals surface area (Å²) >= 11 is 0. The average molecular weight is 694 g/mol. The molecule has 3 heterocycles. The van der Waals surface area contributed by atoms with Crippen molar-refractivity contribution in [2.24, 2.45) is 22.4 Å². The average Bonchev–Trinajstić information content (AvgIpc) is 3.77. The number of nitrogens with zero attached hydrogens (tertiary/aromatic N) is 3. The Morgan fingerprint density at radius 1 is 1.02 bits per heavy atom. The summed E-state index contributed by atoms with van der Waals surface area (Å²) in [5.74, 6) is -0.540. The number of aromatic nitrogens is 1. The first-order valence-electron chi connectivity index (χ1n) is 17.8. The Morgan fingerprint density at radius 2 is 1.75 bits per heavy atom. The van der Waals surface area contributed by atoms with Crippen LogP contribution in [-0.4, -0.2) is 71.3 Å². The first kappa shape index (κ1) is 35.7. The number of carbonyl (C=O) groups excluding carboxylic acids is 3. The van der Waals surface area contributed by atoms with E-state index in [1.165, 1.54) is 0 Å². The summed E-state index contributed by atoms with van der Waals surface area (Å²) in [5.41, 5.74) is 15.6. The minimum atomic E-state index is -1.02. The van der Waals surface area contributed by atoms with Gasteiger partial charge < -0.3 is 36.2 Å². The van der Waals surface area contributed by atoms with Crippen molar-refractivity contribution in [1.29, 1.82) is 0 Å². The molecule has 4 aromatic rings. The number of ether oxygens (including phenoxy) is 1. The van der Waals surface area contributed by atoms with Crippen molar-refractivity contribution in [3.05, 3.63) is 95.4 Å². The van der Waals surface area contributed by atoms with Crippen LogP contribution < -0.4 is 22.1 Å². The first-order valence-corrected chi connectivity index (χ1v) is 17.8. The number of hydrogen-bond donors (Lipinski definition) is 4. The van der Waals surface area contributed by atoms with Gasteiger partial charge in [-0.25, -0.2) is 9.98 Å². The van der Waals surface area contributed by atoms with Gasteiger partial charge in [-0.15, -0.1) is 0 Å². The molecule has 51 heavy (non-hydrogen) atoms. The summed E-state index contributed by atoms with van der Waals surface area (Å²) in [6.07, 6.45) is 4.45. The molecule has 1 aromatic heterocycles. The predicted molar refractivity (Wildman–Crippen MR) is 195 cm³/mol. The van der Waals surface area contributed by atoms with Gasteiger partial charge >= 0.3 is 0 Å².